The first-order chi connectivity index (χ1) is 8.29. The van der Waals surface area contributed by atoms with Crippen LogP contribution < -0.4 is 5.56 Å². The summed E-state index contributed by atoms with van der Waals surface area (Å²) in [5.41, 5.74) is 3.94. The van der Waals surface area contributed by atoms with Gasteiger partial charge in [0.05, 0.1) is 0 Å². The van der Waals surface area contributed by atoms with E-state index < -0.39 is 0 Å². The number of aromatic nitrogens is 2. The standard InChI is InChI=1S/C13H9N3O/c14-6-9-5-11-10-3-4-15-7-8(10)1-2-12(11)16-13(9)17/h3-5,7H,1-2H2,(H,16,17). The van der Waals surface area contributed by atoms with Crippen LogP contribution >= 0.6 is 0 Å². The molecule has 17 heavy (non-hydrogen) atoms. The van der Waals surface area contributed by atoms with E-state index in [0.717, 1.165) is 35.2 Å². The molecular weight excluding hydrogens is 214 g/mol. The molecule has 4 nitrogen and oxygen atoms in total. The Bertz CT molecular complexity index is 695. The van der Waals surface area contributed by atoms with Crippen molar-refractivity contribution in [3.05, 3.63) is 51.7 Å². The van der Waals surface area contributed by atoms with Crippen molar-refractivity contribution < 1.29 is 0 Å². The summed E-state index contributed by atoms with van der Waals surface area (Å²) in [7, 11) is 0. The van der Waals surface area contributed by atoms with Crippen LogP contribution in [0.15, 0.2) is 29.3 Å². The predicted octanol–water partition coefficient (Wildman–Crippen LogP) is 1.41. The second kappa shape index (κ2) is 3.56. The van der Waals surface area contributed by atoms with Crippen molar-refractivity contribution >= 4 is 0 Å². The Balaban J connectivity index is 2.32. The number of H-pyrrole nitrogens is 1. The van der Waals surface area contributed by atoms with Gasteiger partial charge in [0.15, 0.2) is 0 Å². The molecule has 0 saturated carbocycles. The van der Waals surface area contributed by atoms with Crippen molar-refractivity contribution in [1.29, 1.82) is 5.26 Å². The van der Waals surface area contributed by atoms with Gasteiger partial charge in [0, 0.05) is 23.7 Å². The fourth-order valence-corrected chi connectivity index (χ4v) is 2.24. The summed E-state index contributed by atoms with van der Waals surface area (Å²) < 4.78 is 0. The Hall–Kier alpha value is -2.41. The van der Waals surface area contributed by atoms with E-state index in [2.05, 4.69) is 9.97 Å². The lowest BCUT2D eigenvalue weighted by Crippen LogP contribution is -2.17. The summed E-state index contributed by atoms with van der Waals surface area (Å²) in [6.07, 6.45) is 5.23. The molecule has 0 saturated heterocycles. The van der Waals surface area contributed by atoms with Crippen molar-refractivity contribution in [2.24, 2.45) is 0 Å². The lowest BCUT2D eigenvalue weighted by Gasteiger charge is -2.18. The van der Waals surface area contributed by atoms with Crippen LogP contribution in [0.3, 0.4) is 0 Å². The predicted molar refractivity (Wildman–Crippen MR) is 62.4 cm³/mol. The number of nitriles is 1. The van der Waals surface area contributed by atoms with Gasteiger partial charge in [0.1, 0.15) is 11.6 Å². The van der Waals surface area contributed by atoms with Crippen LogP contribution in [-0.4, -0.2) is 9.97 Å². The minimum Gasteiger partial charge on any atom is -0.324 e. The Morgan fingerprint density at radius 2 is 2.24 bits per heavy atom. The first kappa shape index (κ1) is 9.79. The number of hydrogen-bond donors (Lipinski definition) is 1. The average Bonchev–Trinajstić information content (AvgIpc) is 2.37. The molecule has 2 aromatic rings. The molecule has 0 fully saturated rings. The number of aromatic amines is 1. The first-order valence-electron chi connectivity index (χ1n) is 5.39. The molecule has 0 amide bonds. The second-order valence-electron chi connectivity index (χ2n) is 4.05. The van der Waals surface area contributed by atoms with Crippen molar-refractivity contribution in [2.45, 2.75) is 12.8 Å². The van der Waals surface area contributed by atoms with E-state index in [-0.39, 0.29) is 11.1 Å². The number of aryl methyl sites for hydroxylation is 2. The van der Waals surface area contributed by atoms with Crippen LogP contribution in [0.5, 0.6) is 0 Å². The van der Waals surface area contributed by atoms with E-state index in [4.69, 9.17) is 5.26 Å². The minimum absolute atomic E-state index is 0.161. The molecule has 0 bridgehead atoms. The normalized spacial score (nSPS) is 12.4. The summed E-state index contributed by atoms with van der Waals surface area (Å²) in [4.78, 5) is 18.4. The van der Waals surface area contributed by atoms with Gasteiger partial charge in [0.2, 0.25) is 0 Å². The highest BCUT2D eigenvalue weighted by molar-refractivity contribution is 5.72. The van der Waals surface area contributed by atoms with Crippen LogP contribution in [-0.2, 0) is 12.8 Å². The van der Waals surface area contributed by atoms with Gasteiger partial charge in [-0.15, -0.1) is 0 Å². The van der Waals surface area contributed by atoms with Gasteiger partial charge < -0.3 is 4.98 Å². The Kier molecular flexibility index (Phi) is 2.05. The summed E-state index contributed by atoms with van der Waals surface area (Å²) in [6.45, 7) is 0. The molecule has 0 aliphatic heterocycles. The van der Waals surface area contributed by atoms with Crippen LogP contribution in [0, 0.1) is 11.3 Å². The molecule has 82 valence electrons. The van der Waals surface area contributed by atoms with E-state index >= 15 is 0 Å². The van der Waals surface area contributed by atoms with E-state index in [0.29, 0.717) is 0 Å². The molecule has 0 atom stereocenters. The molecule has 1 aliphatic rings. The maximum Gasteiger partial charge on any atom is 0.266 e. The fourth-order valence-electron chi connectivity index (χ4n) is 2.24. The maximum absolute atomic E-state index is 11.5. The van der Waals surface area contributed by atoms with Gasteiger partial charge in [-0.1, -0.05) is 0 Å². The van der Waals surface area contributed by atoms with Gasteiger partial charge in [0.25, 0.3) is 5.56 Å². The third-order valence-electron chi connectivity index (χ3n) is 3.08. The second-order valence-corrected chi connectivity index (χ2v) is 4.05. The summed E-state index contributed by atoms with van der Waals surface area (Å²) in [5, 5.41) is 8.89. The summed E-state index contributed by atoms with van der Waals surface area (Å²) >= 11 is 0. The number of nitrogens with one attached hydrogen (secondary N) is 1. The molecule has 0 unspecified atom stereocenters. The number of pyridine rings is 2. The molecule has 1 aliphatic carbocycles. The van der Waals surface area contributed by atoms with Gasteiger partial charge in [-0.3, -0.25) is 9.78 Å². The molecule has 0 spiro atoms. The maximum atomic E-state index is 11.5. The topological polar surface area (TPSA) is 69.5 Å². The van der Waals surface area contributed by atoms with E-state index in [1.165, 1.54) is 0 Å². The quantitative estimate of drug-likeness (QED) is 0.734. The number of rotatable bonds is 0. The first-order valence-corrected chi connectivity index (χ1v) is 5.39. The highest BCUT2D eigenvalue weighted by atomic mass is 16.1. The van der Waals surface area contributed by atoms with Gasteiger partial charge in [-0.2, -0.15) is 5.26 Å². The van der Waals surface area contributed by atoms with Gasteiger partial charge >= 0.3 is 0 Å². The molecule has 2 heterocycles. The molecule has 0 aromatic carbocycles. The van der Waals surface area contributed by atoms with E-state index in [1.54, 1.807) is 12.3 Å². The monoisotopic (exact) mass is 223 g/mol. The zero-order valence-electron chi connectivity index (χ0n) is 9.03. The summed E-state index contributed by atoms with van der Waals surface area (Å²) in [5.74, 6) is 0. The number of hydrogen-bond acceptors (Lipinski definition) is 3. The van der Waals surface area contributed by atoms with Crippen LogP contribution in [0.2, 0.25) is 0 Å². The molecule has 0 radical (unpaired) electrons. The van der Waals surface area contributed by atoms with Crippen LogP contribution in [0.25, 0.3) is 11.1 Å². The van der Waals surface area contributed by atoms with Crippen LogP contribution in [0.4, 0.5) is 0 Å². The summed E-state index contributed by atoms with van der Waals surface area (Å²) in [6, 6.07) is 5.51. The highest BCUT2D eigenvalue weighted by Gasteiger charge is 2.18. The SMILES string of the molecule is N#Cc1cc2c([nH]c1=O)CCc1cnccc1-2. The van der Waals surface area contributed by atoms with Crippen molar-refractivity contribution in [3.63, 3.8) is 0 Å². The highest BCUT2D eigenvalue weighted by Crippen LogP contribution is 2.31. The Morgan fingerprint density at radius 1 is 1.35 bits per heavy atom. The fraction of sp³-hybridized carbons (Fsp3) is 0.154. The number of nitrogens with zero attached hydrogens (tertiary/aromatic N) is 2. The zero-order valence-corrected chi connectivity index (χ0v) is 9.03. The molecule has 3 rings (SSSR count). The molecule has 2 aromatic heterocycles. The minimum atomic E-state index is -0.302. The Labute approximate surface area is 97.6 Å². The van der Waals surface area contributed by atoms with Crippen molar-refractivity contribution in [3.8, 4) is 17.2 Å². The lowest BCUT2D eigenvalue weighted by molar-refractivity contribution is 0.879. The smallest absolute Gasteiger partial charge is 0.266 e. The Morgan fingerprint density at radius 3 is 3.06 bits per heavy atom. The average molecular weight is 223 g/mol. The third kappa shape index (κ3) is 1.44. The van der Waals surface area contributed by atoms with Crippen molar-refractivity contribution in [1.82, 2.24) is 9.97 Å². The lowest BCUT2D eigenvalue weighted by atomic mass is 9.89. The molecular formula is C13H9N3O. The largest absolute Gasteiger partial charge is 0.324 e. The third-order valence-corrected chi connectivity index (χ3v) is 3.08. The van der Waals surface area contributed by atoms with Crippen LogP contribution in [0.1, 0.15) is 16.8 Å². The van der Waals surface area contributed by atoms with E-state index in [1.807, 2.05) is 18.3 Å². The zero-order chi connectivity index (χ0) is 11.8. The van der Waals surface area contributed by atoms with Crippen molar-refractivity contribution in [2.75, 3.05) is 0 Å². The van der Waals surface area contributed by atoms with E-state index in [9.17, 15) is 4.79 Å². The number of fused-ring (bicyclic) bond motifs is 3. The van der Waals surface area contributed by atoms with Gasteiger partial charge in [-0.25, -0.2) is 0 Å². The molecule has 1 N–H and O–H groups in total. The van der Waals surface area contributed by atoms with Gasteiger partial charge in [-0.05, 0) is 36.1 Å². The molecule has 4 heteroatoms.